The second-order valence-electron chi connectivity index (χ2n) is 2.23. The van der Waals surface area contributed by atoms with E-state index in [2.05, 4.69) is 20.4 Å². The van der Waals surface area contributed by atoms with Crippen molar-refractivity contribution in [3.8, 4) is 0 Å². The summed E-state index contributed by atoms with van der Waals surface area (Å²) in [4.78, 5) is 10.8. The first-order chi connectivity index (χ1) is 5.79. The molecule has 0 saturated carbocycles. The van der Waals surface area contributed by atoms with Crippen molar-refractivity contribution in [1.29, 1.82) is 0 Å². The number of H-pyrrole nitrogens is 1. The Morgan fingerprint density at radius 1 is 1.58 bits per heavy atom. The van der Waals surface area contributed by atoms with E-state index >= 15 is 0 Å². The summed E-state index contributed by atoms with van der Waals surface area (Å²) in [6.07, 6.45) is 1.48. The molecule has 3 N–H and O–H groups in total. The van der Waals surface area contributed by atoms with E-state index in [0.29, 0.717) is 11.0 Å². The van der Waals surface area contributed by atoms with Crippen molar-refractivity contribution >= 4 is 16.9 Å². The normalized spacial score (nSPS) is 10.3. The number of hydrogen-bond donors (Lipinski definition) is 2. The number of rotatable bonds is 1. The van der Waals surface area contributed by atoms with Gasteiger partial charge in [-0.15, -0.1) is 5.10 Å². The molecule has 60 valence electrons. The van der Waals surface area contributed by atoms with Crippen molar-refractivity contribution in [2.45, 2.75) is 0 Å². The van der Waals surface area contributed by atoms with Crippen molar-refractivity contribution in [2.75, 3.05) is 0 Å². The standard InChI is InChI=1S/C6H5N5O/c7-5(12)4-3-1-2-8-10-6(3)11-9-4/h1-2H,(H2,7,12)(H,9,10,11). The van der Waals surface area contributed by atoms with Crippen LogP contribution in [0.4, 0.5) is 0 Å². The van der Waals surface area contributed by atoms with Crippen molar-refractivity contribution in [3.05, 3.63) is 18.0 Å². The highest BCUT2D eigenvalue weighted by atomic mass is 16.1. The van der Waals surface area contributed by atoms with Crippen LogP contribution in [0.1, 0.15) is 10.5 Å². The van der Waals surface area contributed by atoms with Crippen LogP contribution in [-0.4, -0.2) is 26.3 Å². The zero-order valence-corrected chi connectivity index (χ0v) is 5.98. The van der Waals surface area contributed by atoms with Crippen molar-refractivity contribution in [1.82, 2.24) is 20.4 Å². The number of aromatic nitrogens is 4. The molecule has 2 aromatic heterocycles. The minimum atomic E-state index is -0.550. The van der Waals surface area contributed by atoms with E-state index < -0.39 is 5.91 Å². The number of hydrogen-bond acceptors (Lipinski definition) is 4. The van der Waals surface area contributed by atoms with Crippen LogP contribution >= 0.6 is 0 Å². The summed E-state index contributed by atoms with van der Waals surface area (Å²) in [6.45, 7) is 0. The van der Waals surface area contributed by atoms with E-state index in [1.54, 1.807) is 6.07 Å². The third-order valence-electron chi connectivity index (χ3n) is 1.49. The van der Waals surface area contributed by atoms with Crippen LogP contribution in [0.25, 0.3) is 11.0 Å². The number of carbonyl (C=O) groups excluding carboxylic acids is 1. The Morgan fingerprint density at radius 2 is 2.42 bits per heavy atom. The van der Waals surface area contributed by atoms with Gasteiger partial charge in [0.2, 0.25) is 5.65 Å². The molecule has 6 nitrogen and oxygen atoms in total. The minimum absolute atomic E-state index is 0.264. The zero-order valence-electron chi connectivity index (χ0n) is 5.98. The average Bonchev–Trinajstić information content (AvgIpc) is 2.47. The monoisotopic (exact) mass is 163 g/mol. The fourth-order valence-electron chi connectivity index (χ4n) is 0.959. The van der Waals surface area contributed by atoms with E-state index in [-0.39, 0.29) is 5.69 Å². The highest BCUT2D eigenvalue weighted by Crippen LogP contribution is 2.10. The van der Waals surface area contributed by atoms with Gasteiger partial charge in [-0.1, -0.05) is 0 Å². The maximum Gasteiger partial charge on any atom is 0.267 e. The van der Waals surface area contributed by atoms with Gasteiger partial charge in [-0.2, -0.15) is 10.2 Å². The molecule has 2 heterocycles. The van der Waals surface area contributed by atoms with Crippen LogP contribution in [0.5, 0.6) is 0 Å². The molecule has 6 heteroatoms. The van der Waals surface area contributed by atoms with Gasteiger partial charge in [0.15, 0.2) is 0 Å². The second-order valence-corrected chi connectivity index (χ2v) is 2.23. The molecule has 1 amide bonds. The first-order valence-electron chi connectivity index (χ1n) is 3.24. The molecule has 0 aliphatic rings. The fourth-order valence-corrected chi connectivity index (χ4v) is 0.959. The molecule has 0 unspecified atom stereocenters. The van der Waals surface area contributed by atoms with Crippen molar-refractivity contribution in [3.63, 3.8) is 0 Å². The van der Waals surface area contributed by atoms with E-state index in [9.17, 15) is 4.79 Å². The van der Waals surface area contributed by atoms with Gasteiger partial charge in [-0.25, -0.2) is 0 Å². The summed E-state index contributed by atoms with van der Waals surface area (Å²) in [7, 11) is 0. The molecule has 0 aromatic carbocycles. The van der Waals surface area contributed by atoms with Crippen LogP contribution in [0.2, 0.25) is 0 Å². The number of nitrogens with zero attached hydrogens (tertiary/aromatic N) is 3. The Morgan fingerprint density at radius 3 is 3.17 bits per heavy atom. The molecule has 0 radical (unpaired) electrons. The maximum absolute atomic E-state index is 10.8. The average molecular weight is 163 g/mol. The Hall–Kier alpha value is -1.98. The Kier molecular flexibility index (Phi) is 1.26. The molecule has 0 fully saturated rings. The lowest BCUT2D eigenvalue weighted by atomic mass is 10.3. The van der Waals surface area contributed by atoms with E-state index in [0.717, 1.165) is 0 Å². The predicted molar refractivity (Wildman–Crippen MR) is 40.2 cm³/mol. The minimum Gasteiger partial charge on any atom is -0.364 e. The van der Waals surface area contributed by atoms with E-state index in [1.165, 1.54) is 6.20 Å². The van der Waals surface area contributed by atoms with Crippen LogP contribution in [-0.2, 0) is 0 Å². The highest BCUT2D eigenvalue weighted by molar-refractivity contribution is 6.02. The molecular weight excluding hydrogens is 158 g/mol. The van der Waals surface area contributed by atoms with Crippen LogP contribution in [0.15, 0.2) is 12.3 Å². The van der Waals surface area contributed by atoms with Crippen molar-refractivity contribution < 1.29 is 4.79 Å². The summed E-state index contributed by atoms with van der Waals surface area (Å²) in [5, 5.41) is 14.1. The first kappa shape index (κ1) is 6.71. The van der Waals surface area contributed by atoms with Gasteiger partial charge in [0.25, 0.3) is 5.91 Å². The molecule has 0 saturated heterocycles. The number of fused-ring (bicyclic) bond motifs is 1. The number of amides is 1. The SMILES string of the molecule is NC(=O)c1[nH]nc2nnccc12. The summed E-state index contributed by atoms with van der Waals surface area (Å²) in [6, 6.07) is 1.63. The zero-order chi connectivity index (χ0) is 8.55. The molecule has 0 aliphatic carbocycles. The van der Waals surface area contributed by atoms with Gasteiger partial charge in [-0.05, 0) is 6.07 Å². The largest absolute Gasteiger partial charge is 0.364 e. The molecule has 2 rings (SSSR count). The summed E-state index contributed by atoms with van der Waals surface area (Å²) in [5.74, 6) is -0.550. The summed E-state index contributed by atoms with van der Waals surface area (Å²) < 4.78 is 0. The third-order valence-corrected chi connectivity index (χ3v) is 1.49. The van der Waals surface area contributed by atoms with Gasteiger partial charge in [0, 0.05) is 0 Å². The molecule has 0 aliphatic heterocycles. The molecule has 12 heavy (non-hydrogen) atoms. The quantitative estimate of drug-likeness (QED) is 0.589. The van der Waals surface area contributed by atoms with Crippen LogP contribution in [0.3, 0.4) is 0 Å². The summed E-state index contributed by atoms with van der Waals surface area (Å²) >= 11 is 0. The number of nitrogens with one attached hydrogen (secondary N) is 1. The Balaban J connectivity index is 2.79. The lowest BCUT2D eigenvalue weighted by molar-refractivity contribution is 0.0997. The van der Waals surface area contributed by atoms with Gasteiger partial charge in [-0.3, -0.25) is 9.89 Å². The first-order valence-corrected chi connectivity index (χ1v) is 3.24. The van der Waals surface area contributed by atoms with Crippen molar-refractivity contribution in [2.24, 2.45) is 5.73 Å². The maximum atomic E-state index is 10.8. The van der Waals surface area contributed by atoms with Gasteiger partial charge < -0.3 is 5.73 Å². The molecule has 0 spiro atoms. The third kappa shape index (κ3) is 0.815. The number of primary amides is 1. The Labute approximate surface area is 66.8 Å². The molecule has 2 aromatic rings. The van der Waals surface area contributed by atoms with Crippen LogP contribution < -0.4 is 5.73 Å². The molecule has 0 bridgehead atoms. The lowest BCUT2D eigenvalue weighted by Crippen LogP contribution is -2.11. The van der Waals surface area contributed by atoms with E-state index in [1.807, 2.05) is 0 Å². The van der Waals surface area contributed by atoms with E-state index in [4.69, 9.17) is 5.73 Å². The van der Waals surface area contributed by atoms with Crippen LogP contribution in [0, 0.1) is 0 Å². The smallest absolute Gasteiger partial charge is 0.267 e. The fraction of sp³-hybridized carbons (Fsp3) is 0. The van der Waals surface area contributed by atoms with Gasteiger partial charge in [0.1, 0.15) is 5.69 Å². The highest BCUT2D eigenvalue weighted by Gasteiger charge is 2.09. The van der Waals surface area contributed by atoms with Gasteiger partial charge in [0.05, 0.1) is 11.6 Å². The predicted octanol–water partition coefficient (Wildman–Crippen LogP) is -0.548. The Bertz CT molecular complexity index is 434. The molecular formula is C6H5N5O. The number of carbonyl (C=O) groups is 1. The molecule has 0 atom stereocenters. The number of aromatic amines is 1. The van der Waals surface area contributed by atoms with Gasteiger partial charge >= 0.3 is 0 Å². The lowest BCUT2D eigenvalue weighted by Gasteiger charge is -1.87. The summed E-state index contributed by atoms with van der Waals surface area (Å²) in [5.41, 5.74) is 5.72. The number of nitrogens with two attached hydrogens (primary N) is 1. The second kappa shape index (κ2) is 2.26. The topological polar surface area (TPSA) is 97.6 Å².